The summed E-state index contributed by atoms with van der Waals surface area (Å²) < 4.78 is 5.59. The fourth-order valence-corrected chi connectivity index (χ4v) is 4.54. The van der Waals surface area contributed by atoms with E-state index in [0.29, 0.717) is 36.6 Å². The van der Waals surface area contributed by atoms with Crippen molar-refractivity contribution in [2.45, 2.75) is 32.6 Å². The maximum Gasteiger partial charge on any atom is 0.307 e. The minimum Gasteiger partial charge on any atom is -0.494 e. The van der Waals surface area contributed by atoms with Gasteiger partial charge in [0.05, 0.1) is 18.9 Å². The highest BCUT2D eigenvalue weighted by molar-refractivity contribution is 5.99. The lowest BCUT2D eigenvalue weighted by Crippen LogP contribution is -2.25. The third kappa shape index (κ3) is 5.74. The molecule has 1 saturated carbocycles. The lowest BCUT2D eigenvalue weighted by atomic mass is 9.90. The predicted molar refractivity (Wildman–Crippen MR) is 132 cm³/mol. The van der Waals surface area contributed by atoms with Crippen LogP contribution in [0.2, 0.25) is 0 Å². The quantitative estimate of drug-likeness (QED) is 0.424. The van der Waals surface area contributed by atoms with Crippen molar-refractivity contribution in [2.24, 2.45) is 11.8 Å². The van der Waals surface area contributed by atoms with Crippen LogP contribution < -0.4 is 10.1 Å². The fraction of sp³-hybridized carbons (Fsp3) is 0.286. The zero-order valence-electron chi connectivity index (χ0n) is 19.6. The summed E-state index contributed by atoms with van der Waals surface area (Å²) in [5, 5.41) is 12.3. The van der Waals surface area contributed by atoms with Crippen molar-refractivity contribution in [2.75, 3.05) is 11.9 Å². The number of carboxylic acid groups (broad SMARTS) is 1. The average molecular weight is 473 g/mol. The van der Waals surface area contributed by atoms with Gasteiger partial charge >= 0.3 is 5.97 Å². The second kappa shape index (κ2) is 11.0. The minimum absolute atomic E-state index is 0.138. The van der Waals surface area contributed by atoms with E-state index in [1.54, 1.807) is 12.3 Å². The van der Waals surface area contributed by atoms with E-state index in [4.69, 9.17) is 4.74 Å². The number of amides is 1. The molecule has 180 valence electrons. The molecule has 1 amide bonds. The number of anilines is 1. The number of hydrogen-bond donors (Lipinski definition) is 2. The van der Waals surface area contributed by atoms with E-state index in [1.165, 1.54) is 0 Å². The first-order chi connectivity index (χ1) is 17.0. The van der Waals surface area contributed by atoms with Crippen molar-refractivity contribution in [1.82, 2.24) is 4.98 Å². The molecule has 4 rings (SSSR count). The Morgan fingerprint density at radius 2 is 1.69 bits per heavy atom. The maximum absolute atomic E-state index is 12.8. The van der Waals surface area contributed by atoms with Gasteiger partial charge in [0.2, 0.25) is 5.91 Å². The summed E-state index contributed by atoms with van der Waals surface area (Å²) in [4.78, 5) is 41.0. The van der Waals surface area contributed by atoms with Gasteiger partial charge < -0.3 is 15.2 Å². The highest BCUT2D eigenvalue weighted by Gasteiger charge is 2.38. The van der Waals surface area contributed by atoms with Gasteiger partial charge in [0.1, 0.15) is 11.4 Å². The number of pyridine rings is 1. The number of carboxylic acids is 1. The number of carbonyl (C=O) groups is 3. The van der Waals surface area contributed by atoms with Crippen LogP contribution in [0.15, 0.2) is 66.9 Å². The van der Waals surface area contributed by atoms with Crippen molar-refractivity contribution in [1.29, 1.82) is 0 Å². The number of carbonyl (C=O) groups excluding carboxylic acids is 2. The molecule has 1 aromatic heterocycles. The largest absolute Gasteiger partial charge is 0.494 e. The standard InChI is InChI=1S/C28H28N2O5/c1-2-35-25-9-4-3-6-19(25)16-26(31)30-21-13-10-18(11-14-21)20-12-15-24(29-17-20)27(32)22-7-5-8-23(22)28(33)34/h3-4,6,9-15,17,22-23H,2,5,7-8,16H2,1H3,(H,30,31)(H,33,34)/t22-,23-/m0/s1. The molecular formula is C28H28N2O5. The number of benzene rings is 2. The van der Waals surface area contributed by atoms with E-state index in [9.17, 15) is 19.5 Å². The lowest BCUT2D eigenvalue weighted by Gasteiger charge is -2.14. The van der Waals surface area contributed by atoms with Crippen molar-refractivity contribution in [3.8, 4) is 16.9 Å². The summed E-state index contributed by atoms with van der Waals surface area (Å²) in [5.74, 6) is -1.68. The van der Waals surface area contributed by atoms with Crippen LogP contribution in [0.5, 0.6) is 5.75 Å². The van der Waals surface area contributed by atoms with E-state index < -0.39 is 17.8 Å². The molecule has 35 heavy (non-hydrogen) atoms. The zero-order valence-corrected chi connectivity index (χ0v) is 19.6. The average Bonchev–Trinajstić information content (AvgIpc) is 3.36. The molecule has 1 aliphatic rings. The molecule has 2 atom stereocenters. The molecule has 0 spiro atoms. The zero-order chi connectivity index (χ0) is 24.8. The molecule has 1 fully saturated rings. The molecule has 1 aliphatic carbocycles. The number of nitrogens with zero attached hydrogens (tertiary/aromatic N) is 1. The van der Waals surface area contributed by atoms with E-state index in [2.05, 4.69) is 10.3 Å². The number of aliphatic carboxylic acids is 1. The second-order valence-electron chi connectivity index (χ2n) is 8.62. The van der Waals surface area contributed by atoms with Crippen LogP contribution >= 0.6 is 0 Å². The van der Waals surface area contributed by atoms with Crippen LogP contribution in [-0.2, 0) is 16.0 Å². The van der Waals surface area contributed by atoms with Gasteiger partial charge in [0.25, 0.3) is 0 Å². The van der Waals surface area contributed by atoms with E-state index in [1.807, 2.05) is 61.5 Å². The smallest absolute Gasteiger partial charge is 0.307 e. The number of Topliss-reactive ketones (excluding diaryl/α,β-unsaturated/α-hetero) is 1. The Morgan fingerprint density at radius 3 is 2.37 bits per heavy atom. The van der Waals surface area contributed by atoms with Crippen LogP contribution in [0.3, 0.4) is 0 Å². The lowest BCUT2D eigenvalue weighted by molar-refractivity contribution is -0.142. The van der Waals surface area contributed by atoms with Crippen molar-refractivity contribution < 1.29 is 24.2 Å². The Balaban J connectivity index is 1.38. The molecule has 0 saturated heterocycles. The van der Waals surface area contributed by atoms with Gasteiger partial charge in [-0.05, 0) is 49.6 Å². The molecule has 0 bridgehead atoms. The summed E-state index contributed by atoms with van der Waals surface area (Å²) in [5.41, 5.74) is 3.51. The molecule has 0 unspecified atom stereocenters. The Bertz CT molecular complexity index is 1200. The molecular weight excluding hydrogens is 444 g/mol. The molecule has 1 heterocycles. The number of aromatic nitrogens is 1. The van der Waals surface area contributed by atoms with Crippen LogP contribution in [0.4, 0.5) is 5.69 Å². The number of ketones is 1. The molecule has 3 aromatic rings. The van der Waals surface area contributed by atoms with Crippen LogP contribution in [-0.4, -0.2) is 34.4 Å². The number of rotatable bonds is 9. The Morgan fingerprint density at radius 1 is 0.971 bits per heavy atom. The number of para-hydroxylation sites is 1. The normalized spacial score (nSPS) is 17.1. The summed E-state index contributed by atoms with van der Waals surface area (Å²) in [6, 6.07) is 18.3. The van der Waals surface area contributed by atoms with Crippen molar-refractivity contribution in [3.05, 3.63) is 78.1 Å². The van der Waals surface area contributed by atoms with Gasteiger partial charge in [-0.25, -0.2) is 0 Å². The summed E-state index contributed by atoms with van der Waals surface area (Å²) >= 11 is 0. The summed E-state index contributed by atoms with van der Waals surface area (Å²) in [7, 11) is 0. The SMILES string of the molecule is CCOc1ccccc1CC(=O)Nc1ccc(-c2ccc(C(=O)[C@H]3CCC[C@@H]3C(=O)O)nc2)cc1. The number of ether oxygens (including phenoxy) is 1. The van der Waals surface area contributed by atoms with Gasteiger partial charge in [-0.2, -0.15) is 0 Å². The molecule has 0 aliphatic heterocycles. The third-order valence-corrected chi connectivity index (χ3v) is 6.31. The molecule has 0 radical (unpaired) electrons. The fourth-order valence-electron chi connectivity index (χ4n) is 4.54. The molecule has 7 nitrogen and oxygen atoms in total. The highest BCUT2D eigenvalue weighted by atomic mass is 16.5. The van der Waals surface area contributed by atoms with Crippen LogP contribution in [0.25, 0.3) is 11.1 Å². The minimum atomic E-state index is -0.914. The highest BCUT2D eigenvalue weighted by Crippen LogP contribution is 2.34. The first-order valence-electron chi connectivity index (χ1n) is 11.8. The molecule has 7 heteroatoms. The predicted octanol–water partition coefficient (Wildman–Crippen LogP) is 5.01. The number of nitrogens with one attached hydrogen (secondary N) is 1. The second-order valence-corrected chi connectivity index (χ2v) is 8.62. The van der Waals surface area contributed by atoms with Gasteiger partial charge in [-0.3, -0.25) is 19.4 Å². The first-order valence-corrected chi connectivity index (χ1v) is 11.8. The molecule has 2 aromatic carbocycles. The third-order valence-electron chi connectivity index (χ3n) is 6.31. The van der Waals surface area contributed by atoms with Crippen molar-refractivity contribution in [3.63, 3.8) is 0 Å². The first kappa shape index (κ1) is 24.1. The Kier molecular flexibility index (Phi) is 7.55. The van der Waals surface area contributed by atoms with Gasteiger partial charge in [0.15, 0.2) is 5.78 Å². The number of hydrogen-bond acceptors (Lipinski definition) is 5. The van der Waals surface area contributed by atoms with E-state index in [-0.39, 0.29) is 18.1 Å². The van der Waals surface area contributed by atoms with Crippen LogP contribution in [0.1, 0.15) is 42.2 Å². The maximum atomic E-state index is 12.8. The Hall–Kier alpha value is -4.00. The van der Waals surface area contributed by atoms with Crippen molar-refractivity contribution >= 4 is 23.3 Å². The summed E-state index contributed by atoms with van der Waals surface area (Å²) in [6.07, 6.45) is 3.69. The molecule has 2 N–H and O–H groups in total. The van der Waals surface area contributed by atoms with E-state index >= 15 is 0 Å². The van der Waals surface area contributed by atoms with Gasteiger partial charge in [0, 0.05) is 28.9 Å². The van der Waals surface area contributed by atoms with Gasteiger partial charge in [-0.15, -0.1) is 0 Å². The Labute approximate surface area is 204 Å². The van der Waals surface area contributed by atoms with Crippen LogP contribution in [0, 0.1) is 11.8 Å². The monoisotopic (exact) mass is 472 g/mol. The van der Waals surface area contributed by atoms with E-state index in [0.717, 1.165) is 23.1 Å². The topological polar surface area (TPSA) is 106 Å². The summed E-state index contributed by atoms with van der Waals surface area (Å²) in [6.45, 7) is 2.44. The van der Waals surface area contributed by atoms with Gasteiger partial charge in [-0.1, -0.05) is 42.8 Å².